The number of ketones is 1. The molecule has 32 heavy (non-hydrogen) atoms. The van der Waals surface area contributed by atoms with Crippen LogP contribution in [0.4, 0.5) is 0 Å². The fourth-order valence-electron chi connectivity index (χ4n) is 4.58. The van der Waals surface area contributed by atoms with Crippen LogP contribution in [0.25, 0.3) is 0 Å². The number of methoxy groups -OCH3 is 1. The number of ether oxygens (including phenoxy) is 3. The van der Waals surface area contributed by atoms with E-state index in [9.17, 15) is 14.7 Å². The monoisotopic (exact) mass is 458 g/mol. The van der Waals surface area contributed by atoms with E-state index in [0.717, 1.165) is 38.4 Å². The molecule has 0 radical (unpaired) electrons. The van der Waals surface area contributed by atoms with Gasteiger partial charge in [-0.3, -0.25) is 4.79 Å². The third-order valence-electron chi connectivity index (χ3n) is 6.36. The molecular formula is C26H50O6. The lowest BCUT2D eigenvalue weighted by Gasteiger charge is -2.34. The molecule has 1 N–H and O–H groups in total. The predicted octanol–water partition coefficient (Wildman–Crippen LogP) is 5.40. The Morgan fingerprint density at radius 2 is 1.50 bits per heavy atom. The van der Waals surface area contributed by atoms with Gasteiger partial charge in [-0.2, -0.15) is 0 Å². The molecule has 0 fully saturated rings. The highest BCUT2D eigenvalue weighted by Gasteiger charge is 2.31. The third-order valence-corrected chi connectivity index (χ3v) is 6.36. The zero-order valence-electron chi connectivity index (χ0n) is 22.0. The minimum Gasteiger partial charge on any atom is -0.366 e. The van der Waals surface area contributed by atoms with Crippen LogP contribution in [0.5, 0.6) is 0 Å². The maximum Gasteiger partial charge on any atom is 0.180 e. The highest BCUT2D eigenvalue weighted by molar-refractivity contribution is 5.82. The molecule has 0 saturated heterocycles. The number of aliphatic hydroxyl groups excluding tert-OH is 1. The zero-order chi connectivity index (χ0) is 24.8. The Bertz CT molecular complexity index is 511. The molecule has 0 aromatic heterocycles. The lowest BCUT2D eigenvalue weighted by molar-refractivity contribution is -0.252. The summed E-state index contributed by atoms with van der Waals surface area (Å²) in [6, 6.07) is 0. The van der Waals surface area contributed by atoms with Crippen LogP contribution in [0, 0.1) is 29.6 Å². The molecule has 0 aromatic rings. The quantitative estimate of drug-likeness (QED) is 0.206. The molecule has 6 heteroatoms. The average molecular weight is 459 g/mol. The van der Waals surface area contributed by atoms with E-state index in [2.05, 4.69) is 20.8 Å². The molecule has 6 nitrogen and oxygen atoms in total. The van der Waals surface area contributed by atoms with Gasteiger partial charge in [-0.25, -0.2) is 0 Å². The fourth-order valence-corrected chi connectivity index (χ4v) is 4.58. The maximum absolute atomic E-state index is 12.6. The van der Waals surface area contributed by atoms with Gasteiger partial charge in [0, 0.05) is 24.9 Å². The predicted molar refractivity (Wildman–Crippen MR) is 128 cm³/mol. The van der Waals surface area contributed by atoms with Crippen molar-refractivity contribution in [1.29, 1.82) is 0 Å². The summed E-state index contributed by atoms with van der Waals surface area (Å²) in [6.07, 6.45) is 3.69. The average Bonchev–Trinajstić information content (AvgIpc) is 2.75. The van der Waals surface area contributed by atoms with Crippen LogP contribution in [0.3, 0.4) is 0 Å². The zero-order valence-corrected chi connectivity index (χ0v) is 22.0. The summed E-state index contributed by atoms with van der Waals surface area (Å²) in [5, 5.41) is 9.88. The Balaban J connectivity index is 5.13. The molecule has 0 aromatic carbocycles. The highest BCUT2D eigenvalue weighted by atomic mass is 16.7. The van der Waals surface area contributed by atoms with Crippen molar-refractivity contribution >= 4 is 12.1 Å². The largest absolute Gasteiger partial charge is 0.366 e. The van der Waals surface area contributed by atoms with Gasteiger partial charge in [0.15, 0.2) is 12.6 Å². The lowest BCUT2D eigenvalue weighted by Crippen LogP contribution is -2.39. The van der Waals surface area contributed by atoms with E-state index in [1.807, 2.05) is 27.7 Å². The van der Waals surface area contributed by atoms with Crippen molar-refractivity contribution in [2.24, 2.45) is 29.6 Å². The maximum atomic E-state index is 12.6. The van der Waals surface area contributed by atoms with Gasteiger partial charge in [-0.1, -0.05) is 61.3 Å². The number of carbonyl (C=O) groups is 2. The number of aldehydes is 1. The Hall–Kier alpha value is -0.820. The van der Waals surface area contributed by atoms with E-state index in [4.69, 9.17) is 14.2 Å². The van der Waals surface area contributed by atoms with Crippen LogP contribution in [-0.4, -0.2) is 49.1 Å². The number of Topliss-reactive ketones (excluding diaryl/α,β-unsaturated/α-hetero) is 1. The number of aliphatic hydroxyl groups is 1. The minimum atomic E-state index is -1.04. The van der Waals surface area contributed by atoms with Gasteiger partial charge in [0.2, 0.25) is 0 Å². The molecule has 6 unspecified atom stereocenters. The van der Waals surface area contributed by atoms with Gasteiger partial charge in [0.25, 0.3) is 0 Å². The highest BCUT2D eigenvalue weighted by Crippen LogP contribution is 2.29. The number of carbonyl (C=O) groups excluding carboxylic acids is 2. The molecule has 9 atom stereocenters. The van der Waals surface area contributed by atoms with Crippen LogP contribution >= 0.6 is 0 Å². The number of hydrogen-bond acceptors (Lipinski definition) is 6. The lowest BCUT2D eigenvalue weighted by atomic mass is 9.81. The molecule has 0 aliphatic heterocycles. The first kappa shape index (κ1) is 31.2. The first-order valence-corrected chi connectivity index (χ1v) is 12.5. The van der Waals surface area contributed by atoms with Gasteiger partial charge < -0.3 is 24.1 Å². The standard InChI is InChI=1S/C26H50O6/c1-10-12-18(4)24(28)19(5)14-17(3)15-20(6)25(21(7)16-27)32-23(13-11-2)31-22(8)26(29)30-9/h16-23,25-26,29H,10-15H2,1-9H3/t17?,18-,19-,20?,21?,22+,23?,25?,26?/m1/s1. The van der Waals surface area contributed by atoms with E-state index < -0.39 is 18.7 Å². The SMILES string of the molecule is CCCC(OC(C(C)C=O)C(C)CC(C)C[C@@H](C)C(=O)[C@H](C)CCC)O[C@@H](C)C(O)OC. The molecule has 190 valence electrons. The molecular weight excluding hydrogens is 408 g/mol. The van der Waals surface area contributed by atoms with Gasteiger partial charge in [0.05, 0.1) is 6.10 Å². The van der Waals surface area contributed by atoms with Crippen molar-refractivity contribution in [3.63, 3.8) is 0 Å². The molecule has 0 spiro atoms. The van der Waals surface area contributed by atoms with Crippen molar-refractivity contribution in [3.8, 4) is 0 Å². The summed E-state index contributed by atoms with van der Waals surface area (Å²) in [5.41, 5.74) is 0. The van der Waals surface area contributed by atoms with Crippen molar-refractivity contribution in [1.82, 2.24) is 0 Å². The Morgan fingerprint density at radius 3 is 2.00 bits per heavy atom. The first-order chi connectivity index (χ1) is 15.0. The third kappa shape index (κ3) is 11.4. The van der Waals surface area contributed by atoms with Crippen molar-refractivity contribution in [2.45, 2.75) is 119 Å². The van der Waals surface area contributed by atoms with Crippen LogP contribution in [0.15, 0.2) is 0 Å². The summed E-state index contributed by atoms with van der Waals surface area (Å²) >= 11 is 0. The molecule has 0 rings (SSSR count). The number of hydrogen-bond donors (Lipinski definition) is 1. The molecule has 0 heterocycles. The first-order valence-electron chi connectivity index (χ1n) is 12.5. The molecule has 0 bridgehead atoms. The van der Waals surface area contributed by atoms with Crippen molar-refractivity contribution in [3.05, 3.63) is 0 Å². The van der Waals surface area contributed by atoms with Gasteiger partial charge in [0.1, 0.15) is 18.2 Å². The summed E-state index contributed by atoms with van der Waals surface area (Å²) in [7, 11) is 1.43. The van der Waals surface area contributed by atoms with Gasteiger partial charge in [-0.05, 0) is 44.4 Å². The van der Waals surface area contributed by atoms with Crippen LogP contribution in [0.2, 0.25) is 0 Å². The van der Waals surface area contributed by atoms with Crippen molar-refractivity contribution in [2.75, 3.05) is 7.11 Å². The van der Waals surface area contributed by atoms with E-state index in [-0.39, 0.29) is 29.8 Å². The minimum absolute atomic E-state index is 0.0363. The van der Waals surface area contributed by atoms with Gasteiger partial charge >= 0.3 is 0 Å². The normalized spacial score (nSPS) is 20.4. The van der Waals surface area contributed by atoms with Crippen LogP contribution < -0.4 is 0 Å². The summed E-state index contributed by atoms with van der Waals surface area (Å²) in [6.45, 7) is 16.1. The molecule has 0 saturated carbocycles. The number of rotatable bonds is 19. The van der Waals surface area contributed by atoms with Crippen LogP contribution in [0.1, 0.15) is 93.9 Å². The van der Waals surface area contributed by atoms with E-state index >= 15 is 0 Å². The summed E-state index contributed by atoms with van der Waals surface area (Å²) in [4.78, 5) is 24.3. The Morgan fingerprint density at radius 1 is 0.906 bits per heavy atom. The van der Waals surface area contributed by atoms with E-state index in [1.165, 1.54) is 7.11 Å². The topological polar surface area (TPSA) is 82.1 Å². The Labute approximate surface area is 196 Å². The smallest absolute Gasteiger partial charge is 0.180 e. The molecule has 0 aliphatic carbocycles. The van der Waals surface area contributed by atoms with Crippen molar-refractivity contribution < 1.29 is 28.9 Å². The fraction of sp³-hybridized carbons (Fsp3) is 0.923. The summed E-state index contributed by atoms with van der Waals surface area (Å²) < 4.78 is 17.2. The van der Waals surface area contributed by atoms with E-state index in [0.29, 0.717) is 18.1 Å². The van der Waals surface area contributed by atoms with E-state index in [1.54, 1.807) is 6.92 Å². The summed E-state index contributed by atoms with van der Waals surface area (Å²) in [5.74, 6) is 0.666. The van der Waals surface area contributed by atoms with Crippen LogP contribution in [-0.2, 0) is 23.8 Å². The second kappa shape index (κ2) is 16.7. The molecule has 0 aliphatic rings. The Kier molecular flexibility index (Phi) is 16.3. The second-order valence-electron chi connectivity index (χ2n) is 9.83. The van der Waals surface area contributed by atoms with Gasteiger partial charge in [-0.15, -0.1) is 0 Å². The molecule has 0 amide bonds. The second-order valence-corrected chi connectivity index (χ2v) is 9.83.